The molecule has 0 saturated carbocycles. The molecule has 0 aliphatic carbocycles. The van der Waals surface area contributed by atoms with Gasteiger partial charge in [0.1, 0.15) is 11.8 Å². The van der Waals surface area contributed by atoms with Crippen molar-refractivity contribution in [1.82, 2.24) is 10.2 Å². The van der Waals surface area contributed by atoms with Crippen LogP contribution in [0.2, 0.25) is 10.0 Å². The maximum Gasteiger partial charge on any atom is 0.242 e. The third-order valence-electron chi connectivity index (χ3n) is 5.84. The average Bonchev–Trinajstić information content (AvgIpc) is 2.86. The van der Waals surface area contributed by atoms with E-state index < -0.39 is 16.1 Å². The maximum atomic E-state index is 13.3. The number of rotatable bonds is 14. The summed E-state index contributed by atoms with van der Waals surface area (Å²) in [7, 11) is -2.11. The normalized spacial score (nSPS) is 12.1. The Morgan fingerprint density at radius 1 is 1.08 bits per heavy atom. The van der Waals surface area contributed by atoms with Crippen molar-refractivity contribution in [1.29, 1.82) is 0 Å². The molecule has 11 heteroatoms. The van der Waals surface area contributed by atoms with Gasteiger partial charge in [0.25, 0.3) is 0 Å². The Morgan fingerprint density at radius 3 is 2.35 bits per heavy atom. The predicted molar refractivity (Wildman–Crippen MR) is 149 cm³/mol. The molecule has 0 radical (unpaired) electrons. The van der Waals surface area contributed by atoms with Gasteiger partial charge < -0.3 is 15.0 Å². The highest BCUT2D eigenvalue weighted by Crippen LogP contribution is 2.31. The van der Waals surface area contributed by atoms with E-state index in [1.807, 2.05) is 19.1 Å². The summed E-state index contributed by atoms with van der Waals surface area (Å²) in [6.07, 6.45) is 3.12. The Kier molecular flexibility index (Phi) is 12.0. The minimum absolute atomic E-state index is 0.0259. The molecule has 0 saturated heterocycles. The number of nitrogens with zero attached hydrogens (tertiary/aromatic N) is 2. The van der Waals surface area contributed by atoms with Crippen molar-refractivity contribution in [3.63, 3.8) is 0 Å². The monoisotopic (exact) mass is 571 g/mol. The molecule has 2 aromatic rings. The molecule has 37 heavy (non-hydrogen) atoms. The lowest BCUT2D eigenvalue weighted by Crippen LogP contribution is -2.48. The van der Waals surface area contributed by atoms with Crippen molar-refractivity contribution < 1.29 is 22.7 Å². The Balaban J connectivity index is 2.18. The summed E-state index contributed by atoms with van der Waals surface area (Å²) in [5.74, 6) is 0.186. The van der Waals surface area contributed by atoms with Crippen LogP contribution in [0.1, 0.15) is 45.1 Å². The quantitative estimate of drug-likeness (QED) is 0.326. The number of methoxy groups -OCH3 is 1. The number of nitrogens with one attached hydrogen (secondary N) is 1. The van der Waals surface area contributed by atoms with Crippen LogP contribution in [0.5, 0.6) is 5.75 Å². The molecule has 1 atom stereocenters. The van der Waals surface area contributed by atoms with E-state index in [0.717, 1.165) is 29.0 Å². The van der Waals surface area contributed by atoms with Gasteiger partial charge in [-0.25, -0.2) is 8.42 Å². The molecular formula is C26H35Cl2N3O5S. The number of amides is 2. The molecule has 0 spiro atoms. The molecule has 0 aromatic heterocycles. The van der Waals surface area contributed by atoms with Gasteiger partial charge in [0.15, 0.2) is 0 Å². The van der Waals surface area contributed by atoms with Gasteiger partial charge >= 0.3 is 0 Å². The number of halogens is 2. The standard InChI is InChI=1S/C26H35Cl2N3O5S/c1-5-6-15-29-26(33)19(2)30(18-20-9-12-22(36-3)13-10-20)25(32)8-7-16-31(37(4,34)35)24-17-21(27)11-14-23(24)28/h9-14,17,19H,5-8,15-16,18H2,1-4H3,(H,29,33)/t19-/m0/s1. The van der Waals surface area contributed by atoms with Crippen LogP contribution in [0.3, 0.4) is 0 Å². The Labute approximate surface area is 229 Å². The highest BCUT2D eigenvalue weighted by Gasteiger charge is 2.27. The molecular weight excluding hydrogens is 537 g/mol. The summed E-state index contributed by atoms with van der Waals surface area (Å²) in [5, 5.41) is 3.46. The van der Waals surface area contributed by atoms with Crippen molar-refractivity contribution in [3.8, 4) is 5.75 Å². The van der Waals surface area contributed by atoms with Crippen molar-refractivity contribution >= 4 is 50.7 Å². The summed E-state index contributed by atoms with van der Waals surface area (Å²) in [6, 6.07) is 11.1. The molecule has 8 nitrogen and oxygen atoms in total. The van der Waals surface area contributed by atoms with Gasteiger partial charge in [0.05, 0.1) is 24.1 Å². The summed E-state index contributed by atoms with van der Waals surface area (Å²) < 4.78 is 31.3. The molecule has 0 unspecified atom stereocenters. The van der Waals surface area contributed by atoms with Gasteiger partial charge in [-0.3, -0.25) is 13.9 Å². The Hall–Kier alpha value is -2.49. The molecule has 0 bridgehead atoms. The first-order valence-corrected chi connectivity index (χ1v) is 14.7. The number of ether oxygens (including phenoxy) is 1. The molecule has 2 aromatic carbocycles. The second-order valence-electron chi connectivity index (χ2n) is 8.72. The lowest BCUT2D eigenvalue weighted by Gasteiger charge is -2.29. The van der Waals surface area contributed by atoms with E-state index in [1.165, 1.54) is 17.0 Å². The second-order valence-corrected chi connectivity index (χ2v) is 11.5. The molecule has 2 rings (SSSR count). The van der Waals surface area contributed by atoms with Gasteiger partial charge in [-0.2, -0.15) is 0 Å². The topological polar surface area (TPSA) is 96.0 Å². The summed E-state index contributed by atoms with van der Waals surface area (Å²) in [6.45, 7) is 4.51. The van der Waals surface area contributed by atoms with E-state index in [-0.39, 0.29) is 48.5 Å². The lowest BCUT2D eigenvalue weighted by atomic mass is 10.1. The minimum Gasteiger partial charge on any atom is -0.497 e. The lowest BCUT2D eigenvalue weighted by molar-refractivity contribution is -0.140. The van der Waals surface area contributed by atoms with Crippen LogP contribution in [-0.4, -0.2) is 57.6 Å². The van der Waals surface area contributed by atoms with Gasteiger partial charge in [-0.1, -0.05) is 48.7 Å². The van der Waals surface area contributed by atoms with Crippen molar-refractivity contribution in [2.75, 3.05) is 30.8 Å². The summed E-state index contributed by atoms with van der Waals surface area (Å²) in [4.78, 5) is 27.6. The first-order valence-electron chi connectivity index (χ1n) is 12.1. The van der Waals surface area contributed by atoms with E-state index in [0.29, 0.717) is 17.3 Å². The SMILES string of the molecule is CCCCNC(=O)[C@H](C)N(Cc1ccc(OC)cc1)C(=O)CCCN(c1cc(Cl)ccc1Cl)S(C)(=O)=O. The van der Waals surface area contributed by atoms with Crippen molar-refractivity contribution in [3.05, 3.63) is 58.1 Å². The van der Waals surface area contributed by atoms with E-state index in [9.17, 15) is 18.0 Å². The number of benzene rings is 2. The number of unbranched alkanes of at least 4 members (excludes halogenated alkanes) is 1. The number of hydrogen-bond donors (Lipinski definition) is 1. The molecule has 2 amide bonds. The molecule has 0 aliphatic rings. The van der Waals surface area contributed by atoms with Crippen LogP contribution in [0, 0.1) is 0 Å². The molecule has 0 heterocycles. The van der Waals surface area contributed by atoms with E-state index in [1.54, 1.807) is 32.2 Å². The maximum absolute atomic E-state index is 13.3. The van der Waals surface area contributed by atoms with Gasteiger partial charge in [0, 0.05) is 31.1 Å². The summed E-state index contributed by atoms with van der Waals surface area (Å²) in [5.41, 5.74) is 1.09. The third kappa shape index (κ3) is 9.39. The zero-order valence-corrected chi connectivity index (χ0v) is 24.0. The van der Waals surface area contributed by atoms with Crippen LogP contribution in [0.25, 0.3) is 0 Å². The van der Waals surface area contributed by atoms with E-state index in [2.05, 4.69) is 5.32 Å². The fraction of sp³-hybridized carbons (Fsp3) is 0.462. The highest BCUT2D eigenvalue weighted by molar-refractivity contribution is 7.92. The number of carbonyl (C=O) groups is 2. The number of anilines is 1. The average molecular weight is 573 g/mol. The van der Waals surface area contributed by atoms with Gasteiger partial charge in [-0.15, -0.1) is 0 Å². The van der Waals surface area contributed by atoms with E-state index in [4.69, 9.17) is 27.9 Å². The van der Waals surface area contributed by atoms with Gasteiger partial charge in [0.2, 0.25) is 21.8 Å². The minimum atomic E-state index is -3.68. The third-order valence-corrected chi connectivity index (χ3v) is 7.57. The first kappa shape index (κ1) is 30.7. The van der Waals surface area contributed by atoms with Crippen LogP contribution in [0.15, 0.2) is 42.5 Å². The molecule has 204 valence electrons. The number of carbonyl (C=O) groups excluding carboxylic acids is 2. The largest absolute Gasteiger partial charge is 0.497 e. The summed E-state index contributed by atoms with van der Waals surface area (Å²) >= 11 is 12.3. The number of sulfonamides is 1. The van der Waals surface area contributed by atoms with E-state index >= 15 is 0 Å². The Morgan fingerprint density at radius 2 is 1.76 bits per heavy atom. The molecule has 0 fully saturated rings. The van der Waals surface area contributed by atoms with Crippen LogP contribution in [0.4, 0.5) is 5.69 Å². The second kappa shape index (κ2) is 14.4. The van der Waals surface area contributed by atoms with Crippen molar-refractivity contribution in [2.45, 2.75) is 52.1 Å². The van der Waals surface area contributed by atoms with Crippen LogP contribution >= 0.6 is 23.2 Å². The zero-order valence-electron chi connectivity index (χ0n) is 21.7. The number of hydrogen-bond acceptors (Lipinski definition) is 5. The predicted octanol–water partition coefficient (Wildman–Crippen LogP) is 4.88. The zero-order chi connectivity index (χ0) is 27.6. The Bertz CT molecular complexity index is 1160. The molecule has 0 aliphatic heterocycles. The van der Waals surface area contributed by atoms with Crippen LogP contribution in [-0.2, 0) is 26.2 Å². The van der Waals surface area contributed by atoms with Crippen molar-refractivity contribution in [2.24, 2.45) is 0 Å². The fourth-order valence-electron chi connectivity index (χ4n) is 3.71. The van der Waals surface area contributed by atoms with Gasteiger partial charge in [-0.05, 0) is 55.7 Å². The molecule has 1 N–H and O–H groups in total. The fourth-order valence-corrected chi connectivity index (χ4v) is 5.11. The van der Waals surface area contributed by atoms with Crippen LogP contribution < -0.4 is 14.4 Å². The first-order chi connectivity index (χ1) is 17.5. The smallest absolute Gasteiger partial charge is 0.242 e. The highest BCUT2D eigenvalue weighted by atomic mass is 35.5.